The molecule has 0 radical (unpaired) electrons. The van der Waals surface area contributed by atoms with Crippen LogP contribution in [-0.4, -0.2) is 34.0 Å². The summed E-state index contributed by atoms with van der Waals surface area (Å²) < 4.78 is 0. The van der Waals surface area contributed by atoms with Crippen molar-refractivity contribution in [3.8, 4) is 0 Å². The van der Waals surface area contributed by atoms with Gasteiger partial charge in [0.25, 0.3) is 11.6 Å². The van der Waals surface area contributed by atoms with Crippen LogP contribution in [-0.2, 0) is 6.54 Å². The lowest BCUT2D eigenvalue weighted by Crippen LogP contribution is -2.27. The summed E-state index contributed by atoms with van der Waals surface area (Å²) in [4.78, 5) is 29.5. The smallest absolute Gasteiger partial charge is 0.282 e. The van der Waals surface area contributed by atoms with Crippen LogP contribution in [0, 0.1) is 10.1 Å². The summed E-state index contributed by atoms with van der Waals surface area (Å²) in [6.07, 6.45) is 3.50. The monoisotopic (exact) mass is 317 g/mol. The Balaban J connectivity index is 2.29. The number of carbonyl (C=O) groups excluding carboxylic acids is 1. The minimum atomic E-state index is -0.536. The standard InChI is InChI=1S/C15H15N3O3S/c1-17(10-11-5-3-4-8-16-11)15(19)13-9-12(22-2)6-7-14(13)18(20)21/h3-9H,10H2,1-2H3. The third kappa shape index (κ3) is 3.62. The van der Waals surface area contributed by atoms with E-state index in [0.717, 1.165) is 10.6 Å². The molecule has 22 heavy (non-hydrogen) atoms. The molecule has 1 amide bonds. The van der Waals surface area contributed by atoms with Crippen molar-refractivity contribution >= 4 is 23.4 Å². The number of hydrogen-bond donors (Lipinski definition) is 0. The van der Waals surface area contributed by atoms with Gasteiger partial charge in [-0.05, 0) is 30.5 Å². The highest BCUT2D eigenvalue weighted by Gasteiger charge is 2.23. The fourth-order valence-corrected chi connectivity index (χ4v) is 2.42. The first kappa shape index (κ1) is 16.0. The number of aromatic nitrogens is 1. The van der Waals surface area contributed by atoms with Crippen LogP contribution >= 0.6 is 11.8 Å². The number of amides is 1. The Bertz CT molecular complexity index is 692. The predicted octanol–water partition coefficient (Wildman–Crippen LogP) is 2.98. The van der Waals surface area contributed by atoms with Gasteiger partial charge in [-0.25, -0.2) is 0 Å². The Hall–Kier alpha value is -2.41. The maximum atomic E-state index is 12.5. The maximum Gasteiger partial charge on any atom is 0.282 e. The highest BCUT2D eigenvalue weighted by molar-refractivity contribution is 7.98. The summed E-state index contributed by atoms with van der Waals surface area (Å²) in [5.74, 6) is -0.395. The normalized spacial score (nSPS) is 10.3. The van der Waals surface area contributed by atoms with E-state index in [1.54, 1.807) is 37.5 Å². The molecule has 0 saturated carbocycles. The van der Waals surface area contributed by atoms with Gasteiger partial charge in [-0.1, -0.05) is 6.07 Å². The Morgan fingerprint density at radius 2 is 2.14 bits per heavy atom. The SMILES string of the molecule is CSc1ccc([N+](=O)[O-])c(C(=O)N(C)Cc2ccccn2)c1. The molecule has 0 aliphatic carbocycles. The van der Waals surface area contributed by atoms with E-state index in [2.05, 4.69) is 4.98 Å². The van der Waals surface area contributed by atoms with Gasteiger partial charge in [-0.15, -0.1) is 11.8 Å². The molecular weight excluding hydrogens is 302 g/mol. The first-order chi connectivity index (χ1) is 10.5. The van der Waals surface area contributed by atoms with Gasteiger partial charge >= 0.3 is 0 Å². The van der Waals surface area contributed by atoms with Gasteiger partial charge < -0.3 is 4.90 Å². The molecule has 1 heterocycles. The molecule has 2 aromatic rings. The number of thioether (sulfide) groups is 1. The summed E-state index contributed by atoms with van der Waals surface area (Å²) in [7, 11) is 1.60. The zero-order valence-electron chi connectivity index (χ0n) is 12.2. The zero-order chi connectivity index (χ0) is 16.1. The van der Waals surface area contributed by atoms with Crippen LogP contribution < -0.4 is 0 Å². The van der Waals surface area contributed by atoms with Crippen molar-refractivity contribution in [1.29, 1.82) is 0 Å². The van der Waals surface area contributed by atoms with Crippen LogP contribution in [0.1, 0.15) is 16.1 Å². The van der Waals surface area contributed by atoms with E-state index in [1.165, 1.54) is 22.7 Å². The maximum absolute atomic E-state index is 12.5. The second-order valence-electron chi connectivity index (χ2n) is 4.62. The first-order valence-electron chi connectivity index (χ1n) is 6.50. The Morgan fingerprint density at radius 3 is 2.73 bits per heavy atom. The van der Waals surface area contributed by atoms with E-state index in [4.69, 9.17) is 0 Å². The van der Waals surface area contributed by atoms with E-state index in [-0.39, 0.29) is 11.3 Å². The number of benzene rings is 1. The molecule has 0 unspecified atom stereocenters. The van der Waals surface area contributed by atoms with E-state index in [1.807, 2.05) is 12.3 Å². The molecular formula is C15H15N3O3S. The first-order valence-corrected chi connectivity index (χ1v) is 7.73. The van der Waals surface area contributed by atoms with E-state index in [0.29, 0.717) is 6.54 Å². The Morgan fingerprint density at radius 1 is 1.36 bits per heavy atom. The molecule has 0 bridgehead atoms. The number of carbonyl (C=O) groups is 1. The third-order valence-electron chi connectivity index (χ3n) is 3.10. The molecule has 0 aliphatic heterocycles. The molecule has 0 aliphatic rings. The minimum absolute atomic E-state index is 0.0929. The molecule has 1 aromatic carbocycles. The highest BCUT2D eigenvalue weighted by atomic mass is 32.2. The van der Waals surface area contributed by atoms with Crippen molar-refractivity contribution in [3.05, 3.63) is 64.0 Å². The lowest BCUT2D eigenvalue weighted by atomic mass is 10.1. The van der Waals surface area contributed by atoms with Crippen molar-refractivity contribution in [3.63, 3.8) is 0 Å². The van der Waals surface area contributed by atoms with Gasteiger partial charge in [-0.2, -0.15) is 0 Å². The van der Waals surface area contributed by atoms with Gasteiger partial charge in [0.05, 0.1) is 17.2 Å². The third-order valence-corrected chi connectivity index (χ3v) is 3.83. The van der Waals surface area contributed by atoms with Crippen molar-refractivity contribution in [2.75, 3.05) is 13.3 Å². The summed E-state index contributed by atoms with van der Waals surface area (Å²) in [5.41, 5.74) is 0.632. The molecule has 1 aromatic heterocycles. The zero-order valence-corrected chi connectivity index (χ0v) is 13.0. The van der Waals surface area contributed by atoms with Crippen LogP contribution in [0.25, 0.3) is 0 Å². The van der Waals surface area contributed by atoms with E-state index < -0.39 is 10.8 Å². The second kappa shape index (κ2) is 7.04. The topological polar surface area (TPSA) is 76.3 Å². The van der Waals surface area contributed by atoms with Crippen molar-refractivity contribution in [2.24, 2.45) is 0 Å². The lowest BCUT2D eigenvalue weighted by molar-refractivity contribution is -0.385. The number of pyridine rings is 1. The van der Waals surface area contributed by atoms with Crippen molar-refractivity contribution in [1.82, 2.24) is 9.88 Å². The quantitative estimate of drug-likeness (QED) is 0.481. The number of rotatable bonds is 5. The molecule has 0 N–H and O–H groups in total. The Labute approximate surface area is 132 Å². The second-order valence-corrected chi connectivity index (χ2v) is 5.50. The number of nitro groups is 1. The van der Waals surface area contributed by atoms with Gasteiger partial charge in [0.1, 0.15) is 5.56 Å². The average Bonchev–Trinajstić information content (AvgIpc) is 2.54. The summed E-state index contributed by atoms with van der Waals surface area (Å²) in [6, 6.07) is 9.98. The van der Waals surface area contributed by atoms with Crippen molar-refractivity contribution in [2.45, 2.75) is 11.4 Å². The fraction of sp³-hybridized carbons (Fsp3) is 0.200. The molecule has 0 saturated heterocycles. The summed E-state index contributed by atoms with van der Waals surface area (Å²) >= 11 is 1.43. The van der Waals surface area contributed by atoms with Crippen LogP contribution in [0.3, 0.4) is 0 Å². The van der Waals surface area contributed by atoms with Gasteiger partial charge in [0.2, 0.25) is 0 Å². The average molecular weight is 317 g/mol. The van der Waals surface area contributed by atoms with E-state index in [9.17, 15) is 14.9 Å². The summed E-state index contributed by atoms with van der Waals surface area (Å²) in [6.45, 7) is 0.292. The van der Waals surface area contributed by atoms with E-state index >= 15 is 0 Å². The molecule has 2 rings (SSSR count). The van der Waals surface area contributed by atoms with Gasteiger partial charge in [0.15, 0.2) is 0 Å². The van der Waals surface area contributed by atoms with Crippen LogP contribution in [0.5, 0.6) is 0 Å². The molecule has 7 heteroatoms. The highest BCUT2D eigenvalue weighted by Crippen LogP contribution is 2.26. The van der Waals surface area contributed by atoms with Crippen molar-refractivity contribution < 1.29 is 9.72 Å². The van der Waals surface area contributed by atoms with Crippen LogP contribution in [0.2, 0.25) is 0 Å². The molecule has 6 nitrogen and oxygen atoms in total. The number of nitrogens with zero attached hydrogens (tertiary/aromatic N) is 3. The van der Waals surface area contributed by atoms with Crippen LogP contribution in [0.15, 0.2) is 47.5 Å². The molecule has 0 atom stereocenters. The van der Waals surface area contributed by atoms with Gasteiger partial charge in [-0.3, -0.25) is 19.9 Å². The minimum Gasteiger partial charge on any atom is -0.336 e. The number of hydrogen-bond acceptors (Lipinski definition) is 5. The number of nitro benzene ring substituents is 1. The molecule has 0 fully saturated rings. The van der Waals surface area contributed by atoms with Gasteiger partial charge in [0, 0.05) is 24.2 Å². The van der Waals surface area contributed by atoms with Crippen LogP contribution in [0.4, 0.5) is 5.69 Å². The molecule has 0 spiro atoms. The fourth-order valence-electron chi connectivity index (χ4n) is 1.98. The molecule has 114 valence electrons. The Kier molecular flexibility index (Phi) is 5.11. The largest absolute Gasteiger partial charge is 0.336 e. The predicted molar refractivity (Wildman–Crippen MR) is 84.9 cm³/mol. The summed E-state index contributed by atoms with van der Waals surface area (Å²) in [5, 5.41) is 11.1. The lowest BCUT2D eigenvalue weighted by Gasteiger charge is -2.17.